The molecule has 0 bridgehead atoms. The second-order valence-electron chi connectivity index (χ2n) is 8.20. The quantitative estimate of drug-likeness (QED) is 0.606. The first-order valence-corrected chi connectivity index (χ1v) is 10.5. The summed E-state index contributed by atoms with van der Waals surface area (Å²) in [4.78, 5) is 17.1. The van der Waals surface area contributed by atoms with Crippen LogP contribution in [0.25, 0.3) is 16.9 Å². The number of nitrogens with one attached hydrogen (secondary N) is 2. The van der Waals surface area contributed by atoms with Gasteiger partial charge in [-0.1, -0.05) is 0 Å². The zero-order chi connectivity index (χ0) is 20.7. The van der Waals surface area contributed by atoms with Gasteiger partial charge in [-0.05, 0) is 68.0 Å². The lowest BCUT2D eigenvalue weighted by molar-refractivity contribution is 0.0945. The van der Waals surface area contributed by atoms with Gasteiger partial charge in [-0.2, -0.15) is 0 Å². The highest BCUT2D eigenvalue weighted by molar-refractivity contribution is 6.00. The Labute approximate surface area is 175 Å². The molecule has 5 rings (SSSR count). The number of pyridine rings is 1. The molecule has 1 atom stereocenters. The van der Waals surface area contributed by atoms with Crippen LogP contribution in [-0.4, -0.2) is 46.6 Å². The largest absolute Gasteiger partial charge is 0.507 e. The Hall–Kier alpha value is -3.06. The van der Waals surface area contributed by atoms with E-state index in [-0.39, 0.29) is 23.3 Å². The highest BCUT2D eigenvalue weighted by atomic mass is 16.5. The fourth-order valence-corrected chi connectivity index (χ4v) is 4.22. The molecule has 3 heterocycles. The minimum absolute atomic E-state index is 0.0950. The number of phenolic OH excluding ortho intramolecular Hbond substituents is 1. The van der Waals surface area contributed by atoms with Gasteiger partial charge in [0.1, 0.15) is 22.7 Å². The smallest absolute Gasteiger partial charge is 0.259 e. The van der Waals surface area contributed by atoms with Gasteiger partial charge in [-0.3, -0.25) is 9.20 Å². The number of piperidine rings is 1. The first-order valence-electron chi connectivity index (χ1n) is 10.5. The molecule has 7 nitrogen and oxygen atoms in total. The van der Waals surface area contributed by atoms with Crippen LogP contribution in [0.4, 0.5) is 0 Å². The first-order chi connectivity index (χ1) is 14.6. The maximum absolute atomic E-state index is 12.5. The molecule has 1 aliphatic heterocycles. The van der Waals surface area contributed by atoms with Crippen molar-refractivity contribution in [1.29, 1.82) is 0 Å². The monoisotopic (exact) mass is 406 g/mol. The lowest BCUT2D eigenvalue weighted by Gasteiger charge is -2.23. The fraction of sp³-hybridized carbons (Fsp3) is 0.391. The fourth-order valence-electron chi connectivity index (χ4n) is 4.22. The van der Waals surface area contributed by atoms with Crippen molar-refractivity contribution in [2.24, 2.45) is 0 Å². The molecular weight excluding hydrogens is 380 g/mol. The van der Waals surface area contributed by atoms with Gasteiger partial charge in [0.25, 0.3) is 5.91 Å². The summed E-state index contributed by atoms with van der Waals surface area (Å²) in [6.07, 6.45) is 8.15. The summed E-state index contributed by atoms with van der Waals surface area (Å²) in [6.45, 7) is 2.09. The first kappa shape index (κ1) is 18.9. The Morgan fingerprint density at radius 1 is 1.30 bits per heavy atom. The number of amides is 1. The predicted molar refractivity (Wildman–Crippen MR) is 114 cm³/mol. The highest BCUT2D eigenvalue weighted by Gasteiger charge is 2.27. The van der Waals surface area contributed by atoms with Crippen LogP contribution in [0.3, 0.4) is 0 Å². The third-order valence-electron chi connectivity index (χ3n) is 6.04. The van der Waals surface area contributed by atoms with Crippen LogP contribution < -0.4 is 15.4 Å². The Morgan fingerprint density at radius 2 is 2.17 bits per heavy atom. The van der Waals surface area contributed by atoms with E-state index in [1.54, 1.807) is 18.3 Å². The van der Waals surface area contributed by atoms with Crippen LogP contribution in [0.5, 0.6) is 11.5 Å². The molecule has 7 heteroatoms. The summed E-state index contributed by atoms with van der Waals surface area (Å²) in [5, 5.41) is 17.0. The summed E-state index contributed by atoms with van der Waals surface area (Å²) >= 11 is 0. The van der Waals surface area contributed by atoms with Gasteiger partial charge in [0, 0.05) is 24.3 Å². The third kappa shape index (κ3) is 3.50. The number of ether oxygens (including phenoxy) is 1. The van der Waals surface area contributed by atoms with Crippen LogP contribution in [0, 0.1) is 0 Å². The number of imidazole rings is 1. The lowest BCUT2D eigenvalue weighted by atomic mass is 9.92. The predicted octanol–water partition coefficient (Wildman–Crippen LogP) is 3.07. The second kappa shape index (κ2) is 7.65. The van der Waals surface area contributed by atoms with Gasteiger partial charge in [0.05, 0.1) is 19.0 Å². The molecule has 3 N–H and O–H groups in total. The number of hydrogen-bond acceptors (Lipinski definition) is 5. The third-order valence-corrected chi connectivity index (χ3v) is 6.04. The van der Waals surface area contributed by atoms with E-state index in [2.05, 4.69) is 27.8 Å². The Bertz CT molecular complexity index is 1100. The Morgan fingerprint density at radius 3 is 2.90 bits per heavy atom. The summed E-state index contributed by atoms with van der Waals surface area (Å²) in [7, 11) is 1.51. The average molecular weight is 406 g/mol. The lowest BCUT2D eigenvalue weighted by Crippen LogP contribution is -2.28. The molecule has 156 valence electrons. The van der Waals surface area contributed by atoms with Crippen LogP contribution in [0.2, 0.25) is 0 Å². The van der Waals surface area contributed by atoms with E-state index in [0.717, 1.165) is 42.8 Å². The van der Waals surface area contributed by atoms with E-state index in [4.69, 9.17) is 4.74 Å². The molecule has 1 saturated heterocycles. The number of carbonyl (C=O) groups excluding carboxylic acids is 1. The van der Waals surface area contributed by atoms with Gasteiger partial charge in [-0.15, -0.1) is 0 Å². The van der Waals surface area contributed by atoms with Crippen molar-refractivity contribution in [1.82, 2.24) is 20.0 Å². The summed E-state index contributed by atoms with van der Waals surface area (Å²) in [5.41, 5.74) is 3.91. The normalized spacial score (nSPS) is 19.0. The van der Waals surface area contributed by atoms with E-state index >= 15 is 0 Å². The van der Waals surface area contributed by atoms with E-state index < -0.39 is 0 Å². The van der Waals surface area contributed by atoms with Crippen molar-refractivity contribution >= 4 is 11.6 Å². The molecule has 0 spiro atoms. The minimum Gasteiger partial charge on any atom is -0.507 e. The number of hydrogen-bond donors (Lipinski definition) is 3. The molecule has 3 aromatic rings. The van der Waals surface area contributed by atoms with Gasteiger partial charge in [0.2, 0.25) is 0 Å². The van der Waals surface area contributed by atoms with Crippen molar-refractivity contribution in [2.45, 2.75) is 37.6 Å². The molecule has 2 fully saturated rings. The maximum atomic E-state index is 12.5. The van der Waals surface area contributed by atoms with E-state index in [9.17, 15) is 9.90 Å². The number of benzene rings is 1. The molecule has 1 saturated carbocycles. The van der Waals surface area contributed by atoms with Crippen LogP contribution in [-0.2, 0) is 0 Å². The molecule has 1 unspecified atom stereocenters. The molecule has 1 amide bonds. The molecule has 30 heavy (non-hydrogen) atoms. The number of methoxy groups -OCH3 is 1. The molecule has 2 aromatic heterocycles. The number of nitrogens with zero attached hydrogens (tertiary/aromatic N) is 2. The summed E-state index contributed by atoms with van der Waals surface area (Å²) in [6, 6.07) is 7.87. The van der Waals surface area contributed by atoms with E-state index in [1.165, 1.54) is 25.5 Å². The Balaban J connectivity index is 1.50. The van der Waals surface area contributed by atoms with Crippen molar-refractivity contribution in [3.63, 3.8) is 0 Å². The van der Waals surface area contributed by atoms with E-state index in [0.29, 0.717) is 11.7 Å². The van der Waals surface area contributed by atoms with Crippen molar-refractivity contribution < 1.29 is 14.6 Å². The average Bonchev–Trinajstić information content (AvgIpc) is 3.48. The van der Waals surface area contributed by atoms with E-state index in [1.807, 2.05) is 10.6 Å². The Kier molecular flexibility index (Phi) is 4.83. The summed E-state index contributed by atoms with van der Waals surface area (Å²) < 4.78 is 7.44. The van der Waals surface area contributed by atoms with Gasteiger partial charge in [0.15, 0.2) is 0 Å². The number of carbonyl (C=O) groups is 1. The topological polar surface area (TPSA) is 87.9 Å². The number of rotatable bonds is 5. The molecule has 2 aliphatic rings. The molecule has 1 aromatic carbocycles. The zero-order valence-corrected chi connectivity index (χ0v) is 17.0. The zero-order valence-electron chi connectivity index (χ0n) is 17.0. The number of phenols is 1. The number of aromatic nitrogens is 2. The van der Waals surface area contributed by atoms with Gasteiger partial charge < -0.3 is 20.5 Å². The van der Waals surface area contributed by atoms with Gasteiger partial charge in [-0.25, -0.2) is 4.98 Å². The van der Waals surface area contributed by atoms with Crippen LogP contribution in [0.15, 0.2) is 36.7 Å². The summed E-state index contributed by atoms with van der Waals surface area (Å²) in [5.74, 6) is 0.463. The molecular formula is C23H26N4O3. The minimum atomic E-state index is -0.303. The highest BCUT2D eigenvalue weighted by Crippen LogP contribution is 2.36. The van der Waals surface area contributed by atoms with Crippen LogP contribution >= 0.6 is 0 Å². The van der Waals surface area contributed by atoms with Crippen molar-refractivity contribution in [3.05, 3.63) is 47.8 Å². The number of fused-ring (bicyclic) bond motifs is 1. The molecule has 1 aliphatic carbocycles. The maximum Gasteiger partial charge on any atom is 0.259 e. The second-order valence-corrected chi connectivity index (χ2v) is 8.20. The van der Waals surface area contributed by atoms with Crippen molar-refractivity contribution in [2.75, 3.05) is 20.2 Å². The van der Waals surface area contributed by atoms with Crippen LogP contribution in [0.1, 0.15) is 47.5 Å². The standard InChI is InChI=1S/C23H26N4O3/c1-30-20-10-16(9-19(28)22(20)23(29)26-17-4-5-17)18-13-25-21-11-14(6-8-27(18)21)15-3-2-7-24-12-15/h6,8-11,13,15,17,24,28H,2-5,7,12H2,1H3,(H,26,29). The SMILES string of the molecule is COc1cc(-c2cnc3cc(C4CCCNC4)ccn23)cc(O)c1C(=O)NC1CC1. The van der Waals surface area contributed by atoms with Crippen molar-refractivity contribution in [3.8, 4) is 22.8 Å². The molecule has 0 radical (unpaired) electrons. The number of aromatic hydroxyl groups is 1. The van der Waals surface area contributed by atoms with Gasteiger partial charge >= 0.3 is 0 Å².